The predicted octanol–water partition coefficient (Wildman–Crippen LogP) is 2.47. The molecule has 1 aromatic heterocycles. The molecule has 0 saturated carbocycles. The van der Waals surface area contributed by atoms with Crippen LogP contribution in [-0.4, -0.2) is 9.78 Å². The van der Waals surface area contributed by atoms with Crippen LogP contribution in [0.2, 0.25) is 0 Å². The van der Waals surface area contributed by atoms with Crippen LogP contribution in [0.15, 0.2) is 0 Å². The molecule has 0 N–H and O–H groups in total. The Morgan fingerprint density at radius 3 is 2.33 bits per heavy atom. The molecule has 0 spiro atoms. The van der Waals surface area contributed by atoms with Crippen LogP contribution in [0.3, 0.4) is 0 Å². The molecule has 0 radical (unpaired) electrons. The van der Waals surface area contributed by atoms with Crippen LogP contribution in [0.4, 0.5) is 0 Å². The van der Waals surface area contributed by atoms with Gasteiger partial charge in [0.1, 0.15) is 0 Å². The smallest absolute Gasteiger partial charge is 0.0628 e. The highest BCUT2D eigenvalue weighted by atomic mass is 15.3. The second kappa shape index (κ2) is 3.74. The molecule has 2 heteroatoms. The zero-order valence-electron chi connectivity index (χ0n) is 8.52. The summed E-state index contributed by atoms with van der Waals surface area (Å²) < 4.78 is 2.12. The first kappa shape index (κ1) is 9.30. The molecule has 12 heavy (non-hydrogen) atoms. The van der Waals surface area contributed by atoms with E-state index in [1.807, 2.05) is 0 Å². The molecule has 1 aromatic rings. The van der Waals surface area contributed by atoms with Crippen molar-refractivity contribution >= 4 is 0 Å². The van der Waals surface area contributed by atoms with Crippen molar-refractivity contribution in [2.45, 2.75) is 47.1 Å². The zero-order valence-corrected chi connectivity index (χ0v) is 8.52. The Kier molecular flexibility index (Phi) is 2.90. The fourth-order valence-electron chi connectivity index (χ4n) is 1.68. The largest absolute Gasteiger partial charge is 0.269 e. The van der Waals surface area contributed by atoms with E-state index in [0.717, 1.165) is 19.4 Å². The first-order valence-electron chi connectivity index (χ1n) is 4.73. The first-order valence-corrected chi connectivity index (χ1v) is 4.73. The molecule has 68 valence electrons. The van der Waals surface area contributed by atoms with E-state index in [1.165, 1.54) is 17.0 Å². The first-order chi connectivity index (χ1) is 5.70. The summed E-state index contributed by atoms with van der Waals surface area (Å²) in [5.74, 6) is 0. The second-order valence-corrected chi connectivity index (χ2v) is 3.23. The van der Waals surface area contributed by atoms with Crippen molar-refractivity contribution in [1.29, 1.82) is 0 Å². The third kappa shape index (κ3) is 1.52. The fourth-order valence-corrected chi connectivity index (χ4v) is 1.68. The van der Waals surface area contributed by atoms with Crippen LogP contribution in [0.1, 0.15) is 37.2 Å². The Balaban J connectivity index is 3.00. The minimum absolute atomic E-state index is 1.05. The van der Waals surface area contributed by atoms with Gasteiger partial charge in [-0.05, 0) is 32.3 Å². The minimum Gasteiger partial charge on any atom is -0.269 e. The van der Waals surface area contributed by atoms with Crippen LogP contribution >= 0.6 is 0 Å². The molecule has 0 aliphatic carbocycles. The molecule has 1 rings (SSSR count). The van der Waals surface area contributed by atoms with Crippen LogP contribution < -0.4 is 0 Å². The normalized spacial score (nSPS) is 10.7. The van der Waals surface area contributed by atoms with E-state index >= 15 is 0 Å². The summed E-state index contributed by atoms with van der Waals surface area (Å²) >= 11 is 0. The fraction of sp³-hybridized carbons (Fsp3) is 0.700. The van der Waals surface area contributed by atoms with Gasteiger partial charge in [0.05, 0.1) is 5.69 Å². The van der Waals surface area contributed by atoms with Gasteiger partial charge < -0.3 is 0 Å². The van der Waals surface area contributed by atoms with Gasteiger partial charge in [0.2, 0.25) is 0 Å². The van der Waals surface area contributed by atoms with Crippen molar-refractivity contribution in [2.24, 2.45) is 0 Å². The van der Waals surface area contributed by atoms with Crippen molar-refractivity contribution in [2.75, 3.05) is 0 Å². The van der Waals surface area contributed by atoms with Gasteiger partial charge in [0, 0.05) is 12.2 Å². The lowest BCUT2D eigenvalue weighted by molar-refractivity contribution is 0.582. The van der Waals surface area contributed by atoms with E-state index in [2.05, 4.69) is 37.5 Å². The van der Waals surface area contributed by atoms with Gasteiger partial charge in [-0.3, -0.25) is 4.68 Å². The maximum absolute atomic E-state index is 4.49. The zero-order chi connectivity index (χ0) is 9.14. The van der Waals surface area contributed by atoms with Crippen molar-refractivity contribution in [3.63, 3.8) is 0 Å². The number of aromatic nitrogens is 2. The van der Waals surface area contributed by atoms with Crippen molar-refractivity contribution in [1.82, 2.24) is 9.78 Å². The molecular weight excluding hydrogens is 148 g/mol. The number of hydrogen-bond donors (Lipinski definition) is 0. The van der Waals surface area contributed by atoms with E-state index in [9.17, 15) is 0 Å². The summed E-state index contributed by atoms with van der Waals surface area (Å²) in [5, 5.41) is 4.49. The van der Waals surface area contributed by atoms with Crippen LogP contribution in [0.5, 0.6) is 0 Å². The SMILES string of the molecule is CCCn1nc(C)c(CC)c1C. The minimum atomic E-state index is 1.05. The molecule has 0 aromatic carbocycles. The van der Waals surface area contributed by atoms with Crippen LogP contribution in [0.25, 0.3) is 0 Å². The lowest BCUT2D eigenvalue weighted by Crippen LogP contribution is -2.01. The lowest BCUT2D eigenvalue weighted by atomic mass is 10.1. The maximum atomic E-state index is 4.49. The van der Waals surface area contributed by atoms with Crippen molar-refractivity contribution in [3.05, 3.63) is 17.0 Å². The molecule has 1 heterocycles. The molecule has 0 saturated heterocycles. The average molecular weight is 166 g/mol. The van der Waals surface area contributed by atoms with Gasteiger partial charge in [-0.15, -0.1) is 0 Å². The van der Waals surface area contributed by atoms with E-state index in [0.29, 0.717) is 0 Å². The highest BCUT2D eigenvalue weighted by Gasteiger charge is 2.07. The third-order valence-electron chi connectivity index (χ3n) is 2.32. The van der Waals surface area contributed by atoms with Gasteiger partial charge in [-0.25, -0.2) is 0 Å². The quantitative estimate of drug-likeness (QED) is 0.674. The van der Waals surface area contributed by atoms with Gasteiger partial charge in [0.25, 0.3) is 0 Å². The number of hydrogen-bond acceptors (Lipinski definition) is 1. The molecule has 0 fully saturated rings. The van der Waals surface area contributed by atoms with E-state index in [-0.39, 0.29) is 0 Å². The average Bonchev–Trinajstić information content (AvgIpc) is 2.29. The van der Waals surface area contributed by atoms with E-state index in [4.69, 9.17) is 0 Å². The summed E-state index contributed by atoms with van der Waals surface area (Å²) in [7, 11) is 0. The predicted molar refractivity (Wildman–Crippen MR) is 51.4 cm³/mol. The van der Waals surface area contributed by atoms with Crippen LogP contribution in [0, 0.1) is 13.8 Å². The Morgan fingerprint density at radius 1 is 1.25 bits per heavy atom. The van der Waals surface area contributed by atoms with Gasteiger partial charge in [-0.1, -0.05) is 13.8 Å². The molecule has 2 nitrogen and oxygen atoms in total. The summed E-state index contributed by atoms with van der Waals surface area (Å²) in [6, 6.07) is 0. The molecule has 0 unspecified atom stereocenters. The molecule has 0 amide bonds. The monoisotopic (exact) mass is 166 g/mol. The topological polar surface area (TPSA) is 17.8 Å². The molecule has 0 aliphatic rings. The summed E-state index contributed by atoms with van der Waals surface area (Å²) in [5.41, 5.74) is 3.96. The Bertz CT molecular complexity index is 261. The number of nitrogens with zero attached hydrogens (tertiary/aromatic N) is 2. The van der Waals surface area contributed by atoms with Crippen molar-refractivity contribution in [3.8, 4) is 0 Å². The molecule has 0 atom stereocenters. The van der Waals surface area contributed by atoms with E-state index < -0.39 is 0 Å². The van der Waals surface area contributed by atoms with Crippen molar-refractivity contribution < 1.29 is 0 Å². The second-order valence-electron chi connectivity index (χ2n) is 3.23. The molecule has 0 aliphatic heterocycles. The Hall–Kier alpha value is -0.790. The molecule has 0 bridgehead atoms. The molecular formula is C10H18N2. The van der Waals surface area contributed by atoms with Gasteiger partial charge in [-0.2, -0.15) is 5.10 Å². The number of rotatable bonds is 3. The summed E-state index contributed by atoms with van der Waals surface area (Å²) in [4.78, 5) is 0. The lowest BCUT2D eigenvalue weighted by Gasteiger charge is -2.01. The Labute approximate surface area is 74.6 Å². The van der Waals surface area contributed by atoms with Gasteiger partial charge in [0.15, 0.2) is 0 Å². The summed E-state index contributed by atoms with van der Waals surface area (Å²) in [6.07, 6.45) is 2.26. The highest BCUT2D eigenvalue weighted by Crippen LogP contribution is 2.13. The van der Waals surface area contributed by atoms with E-state index in [1.54, 1.807) is 0 Å². The summed E-state index contributed by atoms with van der Waals surface area (Å²) in [6.45, 7) is 9.68. The number of aryl methyl sites for hydroxylation is 2. The van der Waals surface area contributed by atoms with Crippen LogP contribution in [-0.2, 0) is 13.0 Å². The Morgan fingerprint density at radius 2 is 1.92 bits per heavy atom. The standard InChI is InChI=1S/C10H18N2/c1-5-7-12-9(4)10(6-2)8(3)11-12/h5-7H2,1-4H3. The maximum Gasteiger partial charge on any atom is 0.0628 e. The third-order valence-corrected chi connectivity index (χ3v) is 2.32. The highest BCUT2D eigenvalue weighted by molar-refractivity contribution is 5.24. The van der Waals surface area contributed by atoms with Gasteiger partial charge >= 0.3 is 0 Å².